The zero-order valence-electron chi connectivity index (χ0n) is 11.5. The summed E-state index contributed by atoms with van der Waals surface area (Å²) in [6, 6.07) is 11.9. The van der Waals surface area contributed by atoms with Gasteiger partial charge >= 0.3 is 0 Å². The Bertz CT molecular complexity index is 395. The molecule has 2 aliphatic heterocycles. The molecule has 2 aliphatic rings. The van der Waals surface area contributed by atoms with Gasteiger partial charge < -0.3 is 5.11 Å². The van der Waals surface area contributed by atoms with Crippen molar-refractivity contribution in [3.05, 3.63) is 35.9 Å². The van der Waals surface area contributed by atoms with Crippen LogP contribution in [0.4, 0.5) is 0 Å². The first kappa shape index (κ1) is 13.1. The SMILES string of the molecule is OCC1CCC2CCN(Cc3ccccc3)CCN12. The maximum Gasteiger partial charge on any atom is 0.0587 e. The largest absolute Gasteiger partial charge is 0.395 e. The molecule has 2 heterocycles. The fourth-order valence-electron chi connectivity index (χ4n) is 3.59. The molecule has 1 N–H and O–H groups in total. The van der Waals surface area contributed by atoms with Crippen LogP contribution >= 0.6 is 0 Å². The third-order valence-electron chi connectivity index (χ3n) is 4.68. The molecule has 2 atom stereocenters. The minimum absolute atomic E-state index is 0.329. The van der Waals surface area contributed by atoms with Gasteiger partial charge in [-0.3, -0.25) is 9.80 Å². The van der Waals surface area contributed by atoms with Crippen molar-refractivity contribution in [3.63, 3.8) is 0 Å². The van der Waals surface area contributed by atoms with Gasteiger partial charge in [0.05, 0.1) is 6.61 Å². The highest BCUT2D eigenvalue weighted by atomic mass is 16.3. The highest BCUT2D eigenvalue weighted by molar-refractivity contribution is 5.14. The Kier molecular flexibility index (Phi) is 4.16. The van der Waals surface area contributed by atoms with E-state index in [9.17, 15) is 5.11 Å². The van der Waals surface area contributed by atoms with E-state index in [0.29, 0.717) is 18.7 Å². The topological polar surface area (TPSA) is 26.7 Å². The van der Waals surface area contributed by atoms with Crippen LogP contribution in [0.25, 0.3) is 0 Å². The molecule has 0 radical (unpaired) electrons. The number of aliphatic hydroxyl groups is 1. The standard InChI is InChI=1S/C16H24N2O/c19-13-16-7-6-15-8-9-17(10-11-18(15)16)12-14-4-2-1-3-5-14/h1-5,15-16,19H,6-13H2. The summed E-state index contributed by atoms with van der Waals surface area (Å²) in [5.74, 6) is 0. The summed E-state index contributed by atoms with van der Waals surface area (Å²) < 4.78 is 0. The maximum atomic E-state index is 9.44. The zero-order valence-corrected chi connectivity index (χ0v) is 11.5. The van der Waals surface area contributed by atoms with Gasteiger partial charge in [0.1, 0.15) is 0 Å². The van der Waals surface area contributed by atoms with Crippen molar-refractivity contribution in [1.29, 1.82) is 0 Å². The fraction of sp³-hybridized carbons (Fsp3) is 0.625. The lowest BCUT2D eigenvalue weighted by Crippen LogP contribution is -2.39. The number of fused-ring (bicyclic) bond motifs is 1. The second-order valence-electron chi connectivity index (χ2n) is 5.86. The molecule has 0 bridgehead atoms. The molecule has 0 aromatic heterocycles. The first-order valence-electron chi connectivity index (χ1n) is 7.49. The van der Waals surface area contributed by atoms with E-state index in [2.05, 4.69) is 40.1 Å². The van der Waals surface area contributed by atoms with Crippen molar-refractivity contribution >= 4 is 0 Å². The smallest absolute Gasteiger partial charge is 0.0587 e. The number of benzene rings is 1. The molecule has 3 rings (SSSR count). The van der Waals surface area contributed by atoms with Gasteiger partial charge in [-0.15, -0.1) is 0 Å². The zero-order chi connectivity index (χ0) is 13.1. The van der Waals surface area contributed by atoms with Gasteiger partial charge in [0.15, 0.2) is 0 Å². The van der Waals surface area contributed by atoms with Gasteiger partial charge in [-0.25, -0.2) is 0 Å². The molecule has 3 heteroatoms. The van der Waals surface area contributed by atoms with Gasteiger partial charge in [-0.2, -0.15) is 0 Å². The highest BCUT2D eigenvalue weighted by Gasteiger charge is 2.34. The van der Waals surface area contributed by atoms with Gasteiger partial charge in [0.2, 0.25) is 0 Å². The Morgan fingerprint density at radius 1 is 1.00 bits per heavy atom. The Hall–Kier alpha value is -0.900. The summed E-state index contributed by atoms with van der Waals surface area (Å²) in [6.45, 7) is 4.82. The number of rotatable bonds is 3. The van der Waals surface area contributed by atoms with E-state index < -0.39 is 0 Å². The summed E-state index contributed by atoms with van der Waals surface area (Å²) in [5, 5.41) is 9.44. The van der Waals surface area contributed by atoms with Crippen molar-refractivity contribution in [2.24, 2.45) is 0 Å². The summed E-state index contributed by atoms with van der Waals surface area (Å²) in [6.07, 6.45) is 3.70. The first-order valence-corrected chi connectivity index (χ1v) is 7.49. The summed E-state index contributed by atoms with van der Waals surface area (Å²) in [5.41, 5.74) is 1.41. The Balaban J connectivity index is 1.59. The van der Waals surface area contributed by atoms with Crippen molar-refractivity contribution in [2.75, 3.05) is 26.2 Å². The fourth-order valence-corrected chi connectivity index (χ4v) is 3.59. The van der Waals surface area contributed by atoms with Crippen LogP contribution in [0.1, 0.15) is 24.8 Å². The molecule has 2 fully saturated rings. The van der Waals surface area contributed by atoms with Crippen LogP contribution in [0.3, 0.4) is 0 Å². The van der Waals surface area contributed by atoms with E-state index in [1.165, 1.54) is 31.4 Å². The van der Waals surface area contributed by atoms with Crippen LogP contribution in [-0.2, 0) is 6.54 Å². The Morgan fingerprint density at radius 3 is 2.63 bits per heavy atom. The molecule has 1 aromatic carbocycles. The molecule has 104 valence electrons. The molecule has 2 saturated heterocycles. The number of nitrogens with zero attached hydrogens (tertiary/aromatic N) is 2. The van der Waals surface area contributed by atoms with E-state index in [-0.39, 0.29) is 0 Å². The minimum Gasteiger partial charge on any atom is -0.395 e. The molecule has 1 aromatic rings. The molecular formula is C16H24N2O. The Morgan fingerprint density at radius 2 is 1.84 bits per heavy atom. The summed E-state index contributed by atoms with van der Waals surface area (Å²) in [7, 11) is 0. The van der Waals surface area contributed by atoms with E-state index in [1.54, 1.807) is 0 Å². The summed E-state index contributed by atoms with van der Waals surface area (Å²) in [4.78, 5) is 5.10. The molecule has 19 heavy (non-hydrogen) atoms. The van der Waals surface area contributed by atoms with Gasteiger partial charge in [-0.1, -0.05) is 30.3 Å². The van der Waals surface area contributed by atoms with Crippen LogP contribution in [0.2, 0.25) is 0 Å². The quantitative estimate of drug-likeness (QED) is 0.896. The average molecular weight is 260 g/mol. The predicted octanol–water partition coefficient (Wildman–Crippen LogP) is 1.72. The van der Waals surface area contributed by atoms with Crippen LogP contribution in [0.5, 0.6) is 0 Å². The monoisotopic (exact) mass is 260 g/mol. The van der Waals surface area contributed by atoms with E-state index in [4.69, 9.17) is 0 Å². The lowest BCUT2D eigenvalue weighted by molar-refractivity contribution is 0.131. The minimum atomic E-state index is 0.329. The van der Waals surface area contributed by atoms with Crippen LogP contribution in [0.15, 0.2) is 30.3 Å². The Labute approximate surface area is 115 Å². The van der Waals surface area contributed by atoms with Crippen molar-refractivity contribution in [2.45, 2.75) is 37.9 Å². The molecule has 0 spiro atoms. The maximum absolute atomic E-state index is 9.44. The van der Waals surface area contributed by atoms with Gasteiger partial charge in [0, 0.05) is 38.3 Å². The van der Waals surface area contributed by atoms with E-state index in [1.807, 2.05) is 0 Å². The third kappa shape index (κ3) is 2.99. The number of hydrogen-bond acceptors (Lipinski definition) is 3. The van der Waals surface area contributed by atoms with Gasteiger partial charge in [-0.05, 0) is 24.8 Å². The molecule has 3 nitrogen and oxygen atoms in total. The average Bonchev–Trinajstić information content (AvgIpc) is 2.75. The van der Waals surface area contributed by atoms with Crippen molar-refractivity contribution in [1.82, 2.24) is 9.80 Å². The summed E-state index contributed by atoms with van der Waals surface area (Å²) >= 11 is 0. The first-order chi connectivity index (χ1) is 9.36. The van der Waals surface area contributed by atoms with Crippen molar-refractivity contribution in [3.8, 4) is 0 Å². The molecule has 0 aliphatic carbocycles. The van der Waals surface area contributed by atoms with Gasteiger partial charge in [0.25, 0.3) is 0 Å². The number of aliphatic hydroxyl groups excluding tert-OH is 1. The second-order valence-corrected chi connectivity index (χ2v) is 5.86. The van der Waals surface area contributed by atoms with E-state index in [0.717, 1.165) is 19.6 Å². The molecular weight excluding hydrogens is 236 g/mol. The van der Waals surface area contributed by atoms with Crippen LogP contribution in [-0.4, -0.2) is 53.2 Å². The highest BCUT2D eigenvalue weighted by Crippen LogP contribution is 2.28. The number of hydrogen-bond donors (Lipinski definition) is 1. The lowest BCUT2D eigenvalue weighted by Gasteiger charge is -2.26. The van der Waals surface area contributed by atoms with Crippen molar-refractivity contribution < 1.29 is 5.11 Å². The normalized spacial score (nSPS) is 29.1. The molecule has 0 saturated carbocycles. The second kappa shape index (κ2) is 6.04. The van der Waals surface area contributed by atoms with Crippen LogP contribution in [0, 0.1) is 0 Å². The molecule has 0 amide bonds. The lowest BCUT2D eigenvalue weighted by atomic mass is 10.1. The third-order valence-corrected chi connectivity index (χ3v) is 4.68. The van der Waals surface area contributed by atoms with Crippen LogP contribution < -0.4 is 0 Å². The van der Waals surface area contributed by atoms with E-state index >= 15 is 0 Å². The molecule has 2 unspecified atom stereocenters. The predicted molar refractivity (Wildman–Crippen MR) is 76.9 cm³/mol.